The number of rotatable bonds is 2. The van der Waals surface area contributed by atoms with E-state index >= 15 is 0 Å². The summed E-state index contributed by atoms with van der Waals surface area (Å²) in [5.41, 5.74) is 3.92. The largest absolute Gasteiger partial charge is 0.451 e. The normalized spacial score (nSPS) is 23.2. The predicted molar refractivity (Wildman–Crippen MR) is 115 cm³/mol. The first-order chi connectivity index (χ1) is 14.4. The van der Waals surface area contributed by atoms with E-state index in [0.29, 0.717) is 25.4 Å². The van der Waals surface area contributed by atoms with Gasteiger partial charge in [-0.3, -0.25) is 9.59 Å². The standard InChI is InChI=1S/C25H26N2O3/c1-15-9-10-20-16(2)24(30-22(20)11-15)25(29)26-12-19-13-27(17(3)28)23(21(19)14-26)18-7-5-4-6-8-18/h4-11,19,21,23H,12-14H2,1-3H3/t19-,21-,23-/m1/s1. The molecule has 3 aromatic rings. The zero-order valence-corrected chi connectivity index (χ0v) is 17.6. The molecule has 3 atom stereocenters. The molecule has 0 spiro atoms. The van der Waals surface area contributed by atoms with Crippen LogP contribution in [0, 0.1) is 25.7 Å². The van der Waals surface area contributed by atoms with Gasteiger partial charge in [-0.1, -0.05) is 42.5 Å². The molecular formula is C25H26N2O3. The lowest BCUT2D eigenvalue weighted by molar-refractivity contribution is -0.130. The fourth-order valence-corrected chi connectivity index (χ4v) is 5.29. The van der Waals surface area contributed by atoms with Crippen LogP contribution in [0.25, 0.3) is 11.0 Å². The van der Waals surface area contributed by atoms with Gasteiger partial charge in [-0.25, -0.2) is 0 Å². The van der Waals surface area contributed by atoms with Crippen LogP contribution >= 0.6 is 0 Å². The summed E-state index contributed by atoms with van der Waals surface area (Å²) >= 11 is 0. The lowest BCUT2D eigenvalue weighted by Crippen LogP contribution is -2.36. The third-order valence-corrected chi connectivity index (χ3v) is 6.78. The van der Waals surface area contributed by atoms with Crippen LogP contribution in [0.5, 0.6) is 0 Å². The van der Waals surface area contributed by atoms with E-state index in [1.807, 2.05) is 60.0 Å². The van der Waals surface area contributed by atoms with Crippen LogP contribution < -0.4 is 0 Å². The van der Waals surface area contributed by atoms with E-state index < -0.39 is 0 Å². The van der Waals surface area contributed by atoms with Gasteiger partial charge in [0.1, 0.15) is 5.58 Å². The monoisotopic (exact) mass is 402 g/mol. The number of hydrogen-bond donors (Lipinski definition) is 0. The minimum atomic E-state index is -0.0445. The van der Waals surface area contributed by atoms with Gasteiger partial charge in [0.15, 0.2) is 5.76 Å². The number of amides is 2. The second-order valence-corrected chi connectivity index (χ2v) is 8.72. The molecule has 2 aliphatic heterocycles. The van der Waals surface area contributed by atoms with Gasteiger partial charge in [0.2, 0.25) is 5.91 Å². The third-order valence-electron chi connectivity index (χ3n) is 6.78. The predicted octanol–water partition coefficient (Wildman–Crippen LogP) is 4.34. The molecule has 5 rings (SSSR count). The zero-order chi connectivity index (χ0) is 21.0. The van der Waals surface area contributed by atoms with Crippen molar-refractivity contribution in [2.24, 2.45) is 11.8 Å². The van der Waals surface area contributed by atoms with Gasteiger partial charge in [0.25, 0.3) is 5.91 Å². The third kappa shape index (κ3) is 2.92. The highest BCUT2D eigenvalue weighted by Crippen LogP contribution is 2.45. The lowest BCUT2D eigenvalue weighted by Gasteiger charge is -2.29. The molecule has 0 radical (unpaired) electrons. The van der Waals surface area contributed by atoms with Crippen molar-refractivity contribution in [1.82, 2.24) is 9.80 Å². The summed E-state index contributed by atoms with van der Waals surface area (Å²) in [7, 11) is 0. The maximum atomic E-state index is 13.4. The molecule has 2 amide bonds. The Kier molecular flexibility index (Phi) is 4.42. The van der Waals surface area contributed by atoms with Crippen molar-refractivity contribution < 1.29 is 14.0 Å². The van der Waals surface area contributed by atoms with Crippen molar-refractivity contribution in [3.05, 3.63) is 71.0 Å². The SMILES string of the molecule is CC(=O)N1C[C@H]2CN(C(=O)c3oc4cc(C)ccc4c3C)C[C@H]2[C@H]1c1ccccc1. The van der Waals surface area contributed by atoms with Crippen molar-refractivity contribution in [3.8, 4) is 0 Å². The molecule has 0 saturated carbocycles. The summed E-state index contributed by atoms with van der Waals surface area (Å²) in [5.74, 6) is 1.02. The Bertz CT molecular complexity index is 1130. The number of aryl methyl sites for hydroxylation is 2. The number of carbonyl (C=O) groups is 2. The Balaban J connectivity index is 1.44. The molecule has 0 bridgehead atoms. The van der Waals surface area contributed by atoms with Gasteiger partial charge in [-0.15, -0.1) is 0 Å². The number of carbonyl (C=O) groups excluding carboxylic acids is 2. The molecule has 2 saturated heterocycles. The molecule has 1 aromatic heterocycles. The Labute approximate surface area is 176 Å². The molecular weight excluding hydrogens is 376 g/mol. The topological polar surface area (TPSA) is 53.8 Å². The van der Waals surface area contributed by atoms with Crippen LogP contribution in [-0.4, -0.2) is 41.2 Å². The molecule has 0 N–H and O–H groups in total. The van der Waals surface area contributed by atoms with E-state index in [-0.39, 0.29) is 29.7 Å². The van der Waals surface area contributed by atoms with Crippen LogP contribution in [0.2, 0.25) is 0 Å². The van der Waals surface area contributed by atoms with Crippen LogP contribution in [-0.2, 0) is 4.79 Å². The highest BCUT2D eigenvalue weighted by molar-refractivity contribution is 5.99. The van der Waals surface area contributed by atoms with Crippen molar-refractivity contribution in [1.29, 1.82) is 0 Å². The molecule has 2 aliphatic rings. The van der Waals surface area contributed by atoms with Crippen molar-refractivity contribution in [2.75, 3.05) is 19.6 Å². The Hall–Kier alpha value is -3.08. The minimum absolute atomic E-state index is 0.0194. The number of fused-ring (bicyclic) bond motifs is 2. The van der Waals surface area contributed by atoms with Crippen molar-refractivity contribution in [2.45, 2.75) is 26.8 Å². The van der Waals surface area contributed by atoms with E-state index in [1.54, 1.807) is 6.92 Å². The summed E-state index contributed by atoms with van der Waals surface area (Å²) in [6.45, 7) is 7.61. The molecule has 2 aromatic carbocycles. The Morgan fingerprint density at radius 2 is 1.77 bits per heavy atom. The molecule has 5 nitrogen and oxygen atoms in total. The first-order valence-corrected chi connectivity index (χ1v) is 10.5. The van der Waals surface area contributed by atoms with E-state index in [1.165, 1.54) is 0 Å². The second-order valence-electron chi connectivity index (χ2n) is 8.72. The van der Waals surface area contributed by atoms with Crippen molar-refractivity contribution in [3.63, 3.8) is 0 Å². The highest BCUT2D eigenvalue weighted by Gasteiger charge is 2.49. The first-order valence-electron chi connectivity index (χ1n) is 10.5. The molecule has 2 fully saturated rings. The van der Waals surface area contributed by atoms with Gasteiger partial charge in [0.05, 0.1) is 6.04 Å². The van der Waals surface area contributed by atoms with E-state index in [2.05, 4.69) is 12.1 Å². The molecule has 0 unspecified atom stereocenters. The maximum Gasteiger partial charge on any atom is 0.289 e. The van der Waals surface area contributed by atoms with Gasteiger partial charge < -0.3 is 14.2 Å². The number of benzene rings is 2. The van der Waals surface area contributed by atoms with Crippen LogP contribution in [0.3, 0.4) is 0 Å². The van der Waals surface area contributed by atoms with Gasteiger partial charge >= 0.3 is 0 Å². The number of nitrogens with zero attached hydrogens (tertiary/aromatic N) is 2. The first kappa shape index (κ1) is 18.9. The molecule has 154 valence electrons. The molecule has 5 heteroatoms. The average Bonchev–Trinajstić information content (AvgIpc) is 3.39. The Morgan fingerprint density at radius 1 is 1.00 bits per heavy atom. The van der Waals surface area contributed by atoms with Crippen LogP contribution in [0.1, 0.15) is 40.2 Å². The second kappa shape index (κ2) is 7.01. The summed E-state index contributed by atoms with van der Waals surface area (Å²) < 4.78 is 5.99. The van der Waals surface area contributed by atoms with E-state index in [9.17, 15) is 9.59 Å². The highest BCUT2D eigenvalue weighted by atomic mass is 16.3. The summed E-state index contributed by atoms with van der Waals surface area (Å²) in [6, 6.07) is 16.2. The number of likely N-dealkylation sites (tertiary alicyclic amines) is 2. The van der Waals surface area contributed by atoms with Gasteiger partial charge in [0, 0.05) is 49.3 Å². The molecule has 30 heavy (non-hydrogen) atoms. The quantitative estimate of drug-likeness (QED) is 0.641. The minimum Gasteiger partial charge on any atom is -0.451 e. The average molecular weight is 402 g/mol. The van der Waals surface area contributed by atoms with Crippen molar-refractivity contribution >= 4 is 22.8 Å². The van der Waals surface area contributed by atoms with Crippen LogP contribution in [0.15, 0.2) is 52.9 Å². The molecule has 3 heterocycles. The Morgan fingerprint density at radius 3 is 2.50 bits per heavy atom. The summed E-state index contributed by atoms with van der Waals surface area (Å²) in [5, 5.41) is 0.994. The number of hydrogen-bond acceptors (Lipinski definition) is 3. The summed E-state index contributed by atoms with van der Waals surface area (Å²) in [4.78, 5) is 29.6. The summed E-state index contributed by atoms with van der Waals surface area (Å²) in [6.07, 6.45) is 0. The lowest BCUT2D eigenvalue weighted by atomic mass is 9.89. The van der Waals surface area contributed by atoms with Crippen LogP contribution in [0.4, 0.5) is 0 Å². The molecule has 0 aliphatic carbocycles. The van der Waals surface area contributed by atoms with E-state index in [4.69, 9.17) is 4.42 Å². The fraction of sp³-hybridized carbons (Fsp3) is 0.360. The number of furan rings is 1. The van der Waals surface area contributed by atoms with Gasteiger partial charge in [-0.05, 0) is 31.0 Å². The fourth-order valence-electron chi connectivity index (χ4n) is 5.29. The maximum absolute atomic E-state index is 13.4. The van der Waals surface area contributed by atoms with Gasteiger partial charge in [-0.2, -0.15) is 0 Å². The van der Waals surface area contributed by atoms with E-state index in [0.717, 1.165) is 27.7 Å². The zero-order valence-electron chi connectivity index (χ0n) is 17.6. The smallest absolute Gasteiger partial charge is 0.289 e.